The van der Waals surface area contributed by atoms with Gasteiger partial charge in [0.05, 0.1) is 29.4 Å². The van der Waals surface area contributed by atoms with Crippen LogP contribution in [0.5, 0.6) is 0 Å². The first-order valence-corrected chi connectivity index (χ1v) is 12.2. The summed E-state index contributed by atoms with van der Waals surface area (Å²) in [6.07, 6.45) is 2.93. The van der Waals surface area contributed by atoms with E-state index in [1.807, 2.05) is 25.1 Å². The lowest BCUT2D eigenvalue weighted by atomic mass is 9.92. The van der Waals surface area contributed by atoms with Crippen molar-refractivity contribution in [3.8, 4) is 0 Å². The summed E-state index contributed by atoms with van der Waals surface area (Å²) in [7, 11) is 0. The van der Waals surface area contributed by atoms with E-state index >= 15 is 0 Å². The summed E-state index contributed by atoms with van der Waals surface area (Å²) in [5, 5.41) is 4.14. The van der Waals surface area contributed by atoms with E-state index in [2.05, 4.69) is 10.2 Å². The highest BCUT2D eigenvalue weighted by atomic mass is 35.5. The van der Waals surface area contributed by atoms with Crippen molar-refractivity contribution in [2.24, 2.45) is 5.92 Å². The average molecular weight is 486 g/mol. The van der Waals surface area contributed by atoms with E-state index in [0.717, 1.165) is 44.5 Å². The Balaban J connectivity index is 1.32. The van der Waals surface area contributed by atoms with Gasteiger partial charge >= 0.3 is 6.09 Å². The second-order valence-corrected chi connectivity index (χ2v) is 9.26. The van der Waals surface area contributed by atoms with Crippen molar-refractivity contribution >= 4 is 35.2 Å². The molecule has 0 saturated carbocycles. The normalized spacial score (nSPS) is 20.2. The van der Waals surface area contributed by atoms with Gasteiger partial charge in [-0.1, -0.05) is 29.3 Å². The van der Waals surface area contributed by atoms with E-state index in [1.54, 1.807) is 4.90 Å². The SMILES string of the molecule is CCOC(=O)N1CCC(CCC(=O)NC[C@H]2CN(Cc3ccc(Cl)c(Cl)c3)CCO2)CC1. The molecule has 2 amide bonds. The van der Waals surface area contributed by atoms with E-state index in [9.17, 15) is 9.59 Å². The minimum atomic E-state index is -0.232. The molecule has 2 aliphatic heterocycles. The Morgan fingerprint density at radius 3 is 2.69 bits per heavy atom. The molecular weight excluding hydrogens is 453 g/mol. The third-order valence-corrected chi connectivity index (χ3v) is 6.80. The monoisotopic (exact) mass is 485 g/mol. The summed E-state index contributed by atoms with van der Waals surface area (Å²) >= 11 is 12.1. The van der Waals surface area contributed by atoms with Crippen LogP contribution < -0.4 is 5.32 Å². The smallest absolute Gasteiger partial charge is 0.409 e. The molecule has 3 rings (SSSR count). The average Bonchev–Trinajstić information content (AvgIpc) is 2.79. The van der Waals surface area contributed by atoms with Crippen LogP contribution in [0.15, 0.2) is 18.2 Å². The molecule has 9 heteroatoms. The number of nitrogens with one attached hydrogen (secondary N) is 1. The Morgan fingerprint density at radius 2 is 1.97 bits per heavy atom. The molecule has 2 fully saturated rings. The van der Waals surface area contributed by atoms with Crippen molar-refractivity contribution in [1.82, 2.24) is 15.1 Å². The van der Waals surface area contributed by atoms with E-state index in [4.69, 9.17) is 32.7 Å². The predicted molar refractivity (Wildman–Crippen MR) is 125 cm³/mol. The molecule has 2 aliphatic rings. The number of halogens is 2. The van der Waals surface area contributed by atoms with E-state index in [-0.39, 0.29) is 18.1 Å². The summed E-state index contributed by atoms with van der Waals surface area (Å²) in [4.78, 5) is 28.2. The van der Waals surface area contributed by atoms with Gasteiger partial charge in [0, 0.05) is 45.7 Å². The molecule has 0 aromatic heterocycles. The lowest BCUT2D eigenvalue weighted by molar-refractivity contribution is -0.122. The number of ether oxygens (including phenoxy) is 2. The molecular formula is C23H33Cl2N3O4. The fourth-order valence-corrected chi connectivity index (χ4v) is 4.53. The van der Waals surface area contributed by atoms with Gasteiger partial charge in [-0.05, 0) is 49.8 Å². The van der Waals surface area contributed by atoms with Gasteiger partial charge in [0.15, 0.2) is 0 Å². The zero-order valence-corrected chi connectivity index (χ0v) is 20.2. The van der Waals surface area contributed by atoms with Gasteiger partial charge in [-0.25, -0.2) is 4.79 Å². The van der Waals surface area contributed by atoms with Crippen molar-refractivity contribution in [2.45, 2.75) is 45.3 Å². The van der Waals surface area contributed by atoms with Crippen molar-refractivity contribution in [2.75, 3.05) is 45.9 Å². The standard InChI is InChI=1S/C23H33Cl2N3O4/c1-2-31-23(30)28-9-7-17(8-10-28)4-6-22(29)26-14-19-16-27(11-12-32-19)15-18-3-5-20(24)21(25)13-18/h3,5,13,17,19H,2,4,6-12,14-16H2,1H3,(H,26,29)/t19-/m0/s1. The van der Waals surface area contributed by atoms with E-state index < -0.39 is 0 Å². The number of rotatable bonds is 8. The number of carbonyl (C=O) groups excluding carboxylic acids is 2. The summed E-state index contributed by atoms with van der Waals surface area (Å²) in [5.41, 5.74) is 1.11. The predicted octanol–water partition coefficient (Wildman–Crippen LogP) is 3.96. The van der Waals surface area contributed by atoms with E-state index in [1.165, 1.54) is 0 Å². The summed E-state index contributed by atoms with van der Waals surface area (Å²) in [6.45, 7) is 7.15. The summed E-state index contributed by atoms with van der Waals surface area (Å²) in [5.74, 6) is 0.530. The van der Waals surface area contributed by atoms with Crippen LogP contribution in [-0.2, 0) is 20.8 Å². The molecule has 1 aromatic rings. The summed E-state index contributed by atoms with van der Waals surface area (Å²) < 4.78 is 10.9. The van der Waals surface area contributed by atoms with Gasteiger partial charge in [-0.3, -0.25) is 9.69 Å². The third kappa shape index (κ3) is 7.80. The van der Waals surface area contributed by atoms with Crippen LogP contribution in [0.3, 0.4) is 0 Å². The largest absolute Gasteiger partial charge is 0.450 e. The number of piperidine rings is 1. The molecule has 1 N–H and O–H groups in total. The first-order chi connectivity index (χ1) is 15.4. The van der Waals surface area contributed by atoms with Gasteiger partial charge < -0.3 is 19.7 Å². The molecule has 32 heavy (non-hydrogen) atoms. The zero-order chi connectivity index (χ0) is 22.9. The Hall–Kier alpha value is -1.54. The second-order valence-electron chi connectivity index (χ2n) is 8.45. The zero-order valence-electron chi connectivity index (χ0n) is 18.7. The van der Waals surface area contributed by atoms with Crippen LogP contribution in [0.1, 0.15) is 38.2 Å². The number of likely N-dealkylation sites (tertiary alicyclic amines) is 1. The lowest BCUT2D eigenvalue weighted by Gasteiger charge is -2.33. The van der Waals surface area contributed by atoms with Crippen LogP contribution in [0.4, 0.5) is 4.79 Å². The molecule has 2 saturated heterocycles. The van der Waals surface area contributed by atoms with Gasteiger partial charge in [0.1, 0.15) is 0 Å². The maximum atomic E-state index is 12.3. The van der Waals surface area contributed by atoms with Gasteiger partial charge in [0.25, 0.3) is 0 Å². The van der Waals surface area contributed by atoms with Crippen LogP contribution in [-0.4, -0.2) is 73.8 Å². The van der Waals surface area contributed by atoms with Crippen molar-refractivity contribution in [3.05, 3.63) is 33.8 Å². The second kappa shape index (κ2) is 12.6. The molecule has 1 atom stereocenters. The molecule has 0 unspecified atom stereocenters. The molecule has 0 bridgehead atoms. The third-order valence-electron chi connectivity index (χ3n) is 6.06. The van der Waals surface area contributed by atoms with E-state index in [0.29, 0.717) is 55.2 Å². The number of hydrogen-bond acceptors (Lipinski definition) is 5. The molecule has 0 aliphatic carbocycles. The number of morpholine rings is 1. The van der Waals surface area contributed by atoms with Crippen LogP contribution in [0.25, 0.3) is 0 Å². The highest BCUT2D eigenvalue weighted by Gasteiger charge is 2.25. The summed E-state index contributed by atoms with van der Waals surface area (Å²) in [6, 6.07) is 5.70. The Kier molecular flexibility index (Phi) is 9.91. The Labute approximate surface area is 200 Å². The van der Waals surface area contributed by atoms with Gasteiger partial charge in [-0.15, -0.1) is 0 Å². The first-order valence-electron chi connectivity index (χ1n) is 11.4. The molecule has 178 valence electrons. The van der Waals surface area contributed by atoms with Gasteiger partial charge in [0.2, 0.25) is 5.91 Å². The van der Waals surface area contributed by atoms with Crippen LogP contribution in [0, 0.1) is 5.92 Å². The van der Waals surface area contributed by atoms with Crippen molar-refractivity contribution in [1.29, 1.82) is 0 Å². The Morgan fingerprint density at radius 1 is 1.19 bits per heavy atom. The van der Waals surface area contributed by atoms with Crippen molar-refractivity contribution < 1.29 is 19.1 Å². The molecule has 0 radical (unpaired) electrons. The highest BCUT2D eigenvalue weighted by molar-refractivity contribution is 6.42. The molecule has 2 heterocycles. The molecule has 1 aromatic carbocycles. The topological polar surface area (TPSA) is 71.1 Å². The van der Waals surface area contributed by atoms with Gasteiger partial charge in [-0.2, -0.15) is 0 Å². The first kappa shape index (κ1) is 25.1. The maximum absolute atomic E-state index is 12.3. The number of nitrogens with zero attached hydrogens (tertiary/aromatic N) is 2. The minimum Gasteiger partial charge on any atom is -0.450 e. The fraction of sp³-hybridized carbons (Fsp3) is 0.652. The number of benzene rings is 1. The lowest BCUT2D eigenvalue weighted by Crippen LogP contribution is -2.47. The minimum absolute atomic E-state index is 0.0247. The molecule has 7 nitrogen and oxygen atoms in total. The van der Waals surface area contributed by atoms with Crippen molar-refractivity contribution in [3.63, 3.8) is 0 Å². The quantitative estimate of drug-likeness (QED) is 0.603. The fourth-order valence-electron chi connectivity index (χ4n) is 4.21. The van der Waals surface area contributed by atoms with Crippen LogP contribution >= 0.6 is 23.2 Å². The number of amides is 2. The number of carbonyl (C=O) groups is 2. The maximum Gasteiger partial charge on any atom is 0.409 e. The molecule has 0 spiro atoms. The van der Waals surface area contributed by atoms with Crippen LogP contribution in [0.2, 0.25) is 10.0 Å². The highest BCUT2D eigenvalue weighted by Crippen LogP contribution is 2.24. The Bertz CT molecular complexity index is 772. The number of hydrogen-bond donors (Lipinski definition) is 1.